The highest BCUT2D eigenvalue weighted by molar-refractivity contribution is 5.77. The second-order valence-electron chi connectivity index (χ2n) is 3.50. The Morgan fingerprint density at radius 3 is 2.39 bits per heavy atom. The van der Waals surface area contributed by atoms with Crippen LogP contribution >= 0.6 is 0 Å². The molecule has 0 radical (unpaired) electrons. The van der Waals surface area contributed by atoms with Gasteiger partial charge >= 0.3 is 6.36 Å². The molecule has 4 nitrogen and oxygen atoms in total. The summed E-state index contributed by atoms with van der Waals surface area (Å²) in [6, 6.07) is 5.48. The molecule has 100 valence electrons. The number of ether oxygens (including phenoxy) is 1. The molecule has 7 heteroatoms. The third-order valence-corrected chi connectivity index (χ3v) is 2.08. The average Bonchev–Trinajstić information content (AvgIpc) is 2.29. The maximum absolute atomic E-state index is 11.9. The van der Waals surface area contributed by atoms with Gasteiger partial charge in [-0.1, -0.05) is 12.1 Å². The minimum absolute atomic E-state index is 0.0850. The summed E-state index contributed by atoms with van der Waals surface area (Å²) in [5.74, 6) is -0.538. The Hall–Kier alpha value is -1.76. The lowest BCUT2D eigenvalue weighted by molar-refractivity contribution is -0.274. The summed E-state index contributed by atoms with van der Waals surface area (Å²) in [5.41, 5.74) is 5.89. The van der Waals surface area contributed by atoms with E-state index in [4.69, 9.17) is 5.73 Å². The van der Waals surface area contributed by atoms with Crippen molar-refractivity contribution in [3.05, 3.63) is 29.8 Å². The number of alkyl halides is 3. The van der Waals surface area contributed by atoms with E-state index in [-0.39, 0.29) is 18.2 Å². The van der Waals surface area contributed by atoms with Gasteiger partial charge in [0.1, 0.15) is 5.75 Å². The number of amides is 1. The van der Waals surface area contributed by atoms with E-state index in [1.165, 1.54) is 24.3 Å². The molecule has 0 saturated carbocycles. The van der Waals surface area contributed by atoms with Crippen molar-refractivity contribution < 1.29 is 22.7 Å². The fourth-order valence-corrected chi connectivity index (χ4v) is 1.28. The molecule has 18 heavy (non-hydrogen) atoms. The minimum atomic E-state index is -4.68. The number of carbonyl (C=O) groups excluding carboxylic acids is 1. The van der Waals surface area contributed by atoms with Gasteiger partial charge in [-0.2, -0.15) is 0 Å². The molecule has 1 rings (SSSR count). The van der Waals surface area contributed by atoms with Crippen molar-refractivity contribution >= 4 is 5.91 Å². The number of benzene rings is 1. The van der Waals surface area contributed by atoms with E-state index in [2.05, 4.69) is 10.1 Å². The van der Waals surface area contributed by atoms with Crippen LogP contribution in [0.25, 0.3) is 0 Å². The number of halogens is 3. The van der Waals surface area contributed by atoms with E-state index >= 15 is 0 Å². The normalized spacial score (nSPS) is 11.1. The van der Waals surface area contributed by atoms with Crippen molar-refractivity contribution in [3.63, 3.8) is 0 Å². The highest BCUT2D eigenvalue weighted by atomic mass is 19.4. The number of rotatable bonds is 5. The van der Waals surface area contributed by atoms with Crippen LogP contribution in [0.3, 0.4) is 0 Å². The standard InChI is InChI=1S/C11H13F3N2O2/c12-11(13,14)18-9-3-1-8(2-4-9)5-6-16-10(17)7-15/h1-4H,5-7,15H2,(H,16,17). The summed E-state index contributed by atoms with van der Waals surface area (Å²) >= 11 is 0. The molecular weight excluding hydrogens is 249 g/mol. The molecular formula is C11H13F3N2O2. The Morgan fingerprint density at radius 2 is 1.89 bits per heavy atom. The van der Waals surface area contributed by atoms with Gasteiger partial charge in [0, 0.05) is 6.54 Å². The van der Waals surface area contributed by atoms with Gasteiger partial charge in [-0.3, -0.25) is 4.79 Å². The van der Waals surface area contributed by atoms with Crippen LogP contribution < -0.4 is 15.8 Å². The molecule has 1 aromatic rings. The fraction of sp³-hybridized carbons (Fsp3) is 0.364. The van der Waals surface area contributed by atoms with Gasteiger partial charge in [0.05, 0.1) is 6.54 Å². The average molecular weight is 262 g/mol. The number of hydrogen-bond acceptors (Lipinski definition) is 3. The quantitative estimate of drug-likeness (QED) is 0.838. The van der Waals surface area contributed by atoms with Crippen molar-refractivity contribution in [2.24, 2.45) is 5.73 Å². The third-order valence-electron chi connectivity index (χ3n) is 2.08. The van der Waals surface area contributed by atoms with Gasteiger partial charge in [0.15, 0.2) is 0 Å². The summed E-state index contributed by atoms with van der Waals surface area (Å²) in [7, 11) is 0. The molecule has 0 atom stereocenters. The van der Waals surface area contributed by atoms with E-state index in [0.717, 1.165) is 5.56 Å². The second kappa shape index (κ2) is 6.25. The number of nitrogens with one attached hydrogen (secondary N) is 1. The molecule has 0 aliphatic carbocycles. The van der Waals surface area contributed by atoms with Crippen LogP contribution in [0.1, 0.15) is 5.56 Å². The van der Waals surface area contributed by atoms with Gasteiger partial charge in [0.2, 0.25) is 5.91 Å². The summed E-state index contributed by atoms with van der Waals surface area (Å²) in [6.07, 6.45) is -4.17. The van der Waals surface area contributed by atoms with Gasteiger partial charge in [-0.05, 0) is 24.1 Å². The first-order valence-electron chi connectivity index (χ1n) is 5.22. The Morgan fingerprint density at radius 1 is 1.28 bits per heavy atom. The van der Waals surface area contributed by atoms with Crippen molar-refractivity contribution in [1.29, 1.82) is 0 Å². The Kier molecular flexibility index (Phi) is 4.96. The van der Waals surface area contributed by atoms with Crippen molar-refractivity contribution in [1.82, 2.24) is 5.32 Å². The smallest absolute Gasteiger partial charge is 0.406 e. The monoisotopic (exact) mass is 262 g/mol. The topological polar surface area (TPSA) is 64.4 Å². The molecule has 0 bridgehead atoms. The SMILES string of the molecule is NCC(=O)NCCc1ccc(OC(F)(F)F)cc1. The van der Waals surface area contributed by atoms with Gasteiger partial charge in [-0.25, -0.2) is 0 Å². The molecule has 0 saturated heterocycles. The molecule has 3 N–H and O–H groups in total. The highest BCUT2D eigenvalue weighted by Crippen LogP contribution is 2.22. The summed E-state index contributed by atoms with van der Waals surface area (Å²) in [4.78, 5) is 10.8. The first kappa shape index (κ1) is 14.3. The van der Waals surface area contributed by atoms with Crippen LogP contribution in [0.2, 0.25) is 0 Å². The zero-order valence-electron chi connectivity index (χ0n) is 9.46. The van der Waals surface area contributed by atoms with Gasteiger partial charge < -0.3 is 15.8 Å². The Bertz CT molecular complexity index is 390. The first-order valence-corrected chi connectivity index (χ1v) is 5.22. The van der Waals surface area contributed by atoms with E-state index in [1.54, 1.807) is 0 Å². The highest BCUT2D eigenvalue weighted by Gasteiger charge is 2.30. The predicted molar refractivity (Wildman–Crippen MR) is 58.9 cm³/mol. The third kappa shape index (κ3) is 5.53. The molecule has 1 aromatic carbocycles. The van der Waals surface area contributed by atoms with Gasteiger partial charge in [-0.15, -0.1) is 13.2 Å². The fourth-order valence-electron chi connectivity index (χ4n) is 1.28. The molecule has 0 heterocycles. The molecule has 0 aliphatic heterocycles. The Labute approximate surface area is 102 Å². The lowest BCUT2D eigenvalue weighted by Gasteiger charge is -2.09. The molecule has 0 unspecified atom stereocenters. The van der Waals surface area contributed by atoms with Crippen molar-refractivity contribution in [2.75, 3.05) is 13.1 Å². The molecule has 0 spiro atoms. The van der Waals surface area contributed by atoms with Crippen LogP contribution in [0.15, 0.2) is 24.3 Å². The minimum Gasteiger partial charge on any atom is -0.406 e. The van der Waals surface area contributed by atoms with Crippen LogP contribution in [0, 0.1) is 0 Å². The van der Waals surface area contributed by atoms with Crippen molar-refractivity contribution in [3.8, 4) is 5.75 Å². The van der Waals surface area contributed by atoms with Crippen LogP contribution in [-0.4, -0.2) is 25.4 Å². The molecule has 0 aliphatic rings. The number of hydrogen-bond donors (Lipinski definition) is 2. The van der Waals surface area contributed by atoms with Crippen LogP contribution in [0.4, 0.5) is 13.2 Å². The number of nitrogens with two attached hydrogens (primary N) is 1. The molecule has 0 aromatic heterocycles. The Balaban J connectivity index is 2.43. The molecule has 0 fully saturated rings. The lowest BCUT2D eigenvalue weighted by atomic mass is 10.1. The summed E-state index contributed by atoms with van der Waals surface area (Å²) in [5, 5.41) is 2.56. The predicted octanol–water partition coefficient (Wildman–Crippen LogP) is 1.20. The van der Waals surface area contributed by atoms with E-state index in [0.29, 0.717) is 13.0 Å². The maximum atomic E-state index is 11.9. The van der Waals surface area contributed by atoms with Gasteiger partial charge in [0.25, 0.3) is 0 Å². The van der Waals surface area contributed by atoms with E-state index in [9.17, 15) is 18.0 Å². The van der Waals surface area contributed by atoms with Crippen molar-refractivity contribution in [2.45, 2.75) is 12.8 Å². The maximum Gasteiger partial charge on any atom is 0.573 e. The van der Waals surface area contributed by atoms with Crippen LogP contribution in [-0.2, 0) is 11.2 Å². The second-order valence-corrected chi connectivity index (χ2v) is 3.50. The lowest BCUT2D eigenvalue weighted by Crippen LogP contribution is -2.31. The van der Waals surface area contributed by atoms with E-state index in [1.807, 2.05) is 0 Å². The largest absolute Gasteiger partial charge is 0.573 e. The van der Waals surface area contributed by atoms with E-state index < -0.39 is 6.36 Å². The zero-order chi connectivity index (χ0) is 13.6. The van der Waals surface area contributed by atoms with Crippen LogP contribution in [0.5, 0.6) is 5.75 Å². The summed E-state index contributed by atoms with van der Waals surface area (Å²) < 4.78 is 39.4. The number of carbonyl (C=O) groups is 1. The summed E-state index contributed by atoms with van der Waals surface area (Å²) in [6.45, 7) is 0.299. The zero-order valence-corrected chi connectivity index (χ0v) is 9.46. The molecule has 1 amide bonds. The first-order chi connectivity index (χ1) is 8.40.